The van der Waals surface area contributed by atoms with Gasteiger partial charge in [-0.25, -0.2) is 0 Å². The SMILES string of the molecule is COc1ccccc1CC(C)N(C)C(=O)CCCCCl. The van der Waals surface area contributed by atoms with Crippen molar-refractivity contribution >= 4 is 17.5 Å². The highest BCUT2D eigenvalue weighted by Gasteiger charge is 2.17. The van der Waals surface area contributed by atoms with E-state index in [9.17, 15) is 4.79 Å². The number of para-hydroxylation sites is 1. The number of methoxy groups -OCH3 is 1. The molecule has 0 fully saturated rings. The Balaban J connectivity index is 2.56. The van der Waals surface area contributed by atoms with E-state index in [0.29, 0.717) is 12.3 Å². The molecule has 3 nitrogen and oxygen atoms in total. The van der Waals surface area contributed by atoms with Gasteiger partial charge < -0.3 is 9.64 Å². The van der Waals surface area contributed by atoms with Crippen molar-refractivity contribution < 1.29 is 9.53 Å². The summed E-state index contributed by atoms with van der Waals surface area (Å²) >= 11 is 5.63. The fourth-order valence-corrected chi connectivity index (χ4v) is 2.31. The molecule has 0 aliphatic heterocycles. The van der Waals surface area contributed by atoms with Crippen molar-refractivity contribution in [3.8, 4) is 5.75 Å². The number of nitrogens with zero attached hydrogens (tertiary/aromatic N) is 1. The van der Waals surface area contributed by atoms with Crippen LogP contribution in [0, 0.1) is 0 Å². The average Bonchev–Trinajstić information content (AvgIpc) is 2.47. The third-order valence-electron chi connectivity index (χ3n) is 3.54. The van der Waals surface area contributed by atoms with Gasteiger partial charge in [-0.1, -0.05) is 18.2 Å². The molecular weight excluding hydrogens is 274 g/mol. The quantitative estimate of drug-likeness (QED) is 0.543. The Morgan fingerprint density at radius 1 is 1.35 bits per heavy atom. The largest absolute Gasteiger partial charge is 0.496 e. The molecule has 0 saturated heterocycles. The van der Waals surface area contributed by atoms with Crippen LogP contribution in [-0.4, -0.2) is 36.9 Å². The van der Waals surface area contributed by atoms with Gasteiger partial charge in [0.2, 0.25) is 5.91 Å². The maximum absolute atomic E-state index is 12.1. The van der Waals surface area contributed by atoms with Crippen LogP contribution in [0.1, 0.15) is 31.7 Å². The molecule has 1 unspecified atom stereocenters. The first kappa shape index (κ1) is 16.8. The molecule has 0 aromatic heterocycles. The number of halogens is 1. The van der Waals surface area contributed by atoms with E-state index in [4.69, 9.17) is 16.3 Å². The van der Waals surface area contributed by atoms with Crippen molar-refractivity contribution in [2.45, 2.75) is 38.6 Å². The van der Waals surface area contributed by atoms with Gasteiger partial charge >= 0.3 is 0 Å². The molecule has 1 aromatic carbocycles. The Morgan fingerprint density at radius 3 is 2.70 bits per heavy atom. The summed E-state index contributed by atoms with van der Waals surface area (Å²) in [6.07, 6.45) is 3.11. The minimum atomic E-state index is 0.148. The fourth-order valence-electron chi connectivity index (χ4n) is 2.12. The van der Waals surface area contributed by atoms with Crippen LogP contribution in [0.2, 0.25) is 0 Å². The van der Waals surface area contributed by atoms with Gasteiger partial charge in [0, 0.05) is 25.4 Å². The Labute approximate surface area is 126 Å². The van der Waals surface area contributed by atoms with E-state index in [1.165, 1.54) is 0 Å². The molecule has 0 aliphatic carbocycles. The van der Waals surface area contributed by atoms with Crippen molar-refractivity contribution in [2.24, 2.45) is 0 Å². The molecule has 4 heteroatoms. The lowest BCUT2D eigenvalue weighted by atomic mass is 10.0. The van der Waals surface area contributed by atoms with Crippen LogP contribution < -0.4 is 4.74 Å². The van der Waals surface area contributed by atoms with Crippen molar-refractivity contribution in [1.29, 1.82) is 0 Å². The van der Waals surface area contributed by atoms with Gasteiger partial charge in [0.15, 0.2) is 0 Å². The number of ether oxygens (including phenoxy) is 1. The molecule has 20 heavy (non-hydrogen) atoms. The van der Waals surface area contributed by atoms with E-state index in [0.717, 1.165) is 30.6 Å². The number of amides is 1. The summed E-state index contributed by atoms with van der Waals surface area (Å²) in [7, 11) is 3.54. The number of unbranched alkanes of at least 4 members (excludes halogenated alkanes) is 1. The minimum Gasteiger partial charge on any atom is -0.496 e. The Kier molecular flexibility index (Phi) is 7.45. The number of carbonyl (C=O) groups excluding carboxylic acids is 1. The van der Waals surface area contributed by atoms with Crippen molar-refractivity contribution in [1.82, 2.24) is 4.90 Å². The predicted molar refractivity (Wildman–Crippen MR) is 83.5 cm³/mol. The average molecular weight is 298 g/mol. The molecule has 0 spiro atoms. The second kappa shape index (κ2) is 8.85. The zero-order chi connectivity index (χ0) is 15.0. The lowest BCUT2D eigenvalue weighted by molar-refractivity contribution is -0.131. The summed E-state index contributed by atoms with van der Waals surface area (Å²) in [5.74, 6) is 1.67. The lowest BCUT2D eigenvalue weighted by Crippen LogP contribution is -2.36. The monoisotopic (exact) mass is 297 g/mol. The predicted octanol–water partition coefficient (Wildman–Crippen LogP) is 3.49. The molecule has 0 N–H and O–H groups in total. The van der Waals surface area contributed by atoms with Crippen LogP contribution >= 0.6 is 11.6 Å². The zero-order valence-corrected chi connectivity index (χ0v) is 13.3. The fraction of sp³-hybridized carbons (Fsp3) is 0.562. The van der Waals surface area contributed by atoms with E-state index in [1.807, 2.05) is 36.2 Å². The third-order valence-corrected chi connectivity index (χ3v) is 3.80. The van der Waals surface area contributed by atoms with Crippen LogP contribution in [-0.2, 0) is 11.2 Å². The maximum atomic E-state index is 12.1. The molecule has 1 amide bonds. The Hall–Kier alpha value is -1.22. The van der Waals surface area contributed by atoms with Gasteiger partial charge in [0.05, 0.1) is 7.11 Å². The third kappa shape index (κ3) is 5.04. The summed E-state index contributed by atoms with van der Waals surface area (Å²) in [6, 6.07) is 8.08. The Bertz CT molecular complexity index is 423. The number of carbonyl (C=O) groups is 1. The first-order valence-electron chi connectivity index (χ1n) is 7.03. The molecule has 0 radical (unpaired) electrons. The molecule has 0 heterocycles. The van der Waals surface area contributed by atoms with E-state index in [-0.39, 0.29) is 11.9 Å². The topological polar surface area (TPSA) is 29.5 Å². The van der Waals surface area contributed by atoms with Crippen LogP contribution in [0.4, 0.5) is 0 Å². The Morgan fingerprint density at radius 2 is 2.05 bits per heavy atom. The van der Waals surface area contributed by atoms with Gasteiger partial charge in [0.1, 0.15) is 5.75 Å². The molecular formula is C16H24ClNO2. The molecule has 112 valence electrons. The van der Waals surface area contributed by atoms with Crippen LogP contribution in [0.5, 0.6) is 5.75 Å². The number of alkyl halides is 1. The summed E-state index contributed by atoms with van der Waals surface area (Å²) in [5.41, 5.74) is 1.13. The van der Waals surface area contributed by atoms with Gasteiger partial charge in [-0.3, -0.25) is 4.79 Å². The highest BCUT2D eigenvalue weighted by Crippen LogP contribution is 2.20. The molecule has 1 atom stereocenters. The smallest absolute Gasteiger partial charge is 0.222 e. The zero-order valence-electron chi connectivity index (χ0n) is 12.6. The first-order valence-corrected chi connectivity index (χ1v) is 7.57. The van der Waals surface area contributed by atoms with E-state index >= 15 is 0 Å². The second-order valence-electron chi connectivity index (χ2n) is 5.02. The van der Waals surface area contributed by atoms with Gasteiger partial charge in [-0.15, -0.1) is 11.6 Å². The summed E-state index contributed by atoms with van der Waals surface area (Å²) in [6.45, 7) is 2.06. The molecule has 0 saturated carbocycles. The maximum Gasteiger partial charge on any atom is 0.222 e. The van der Waals surface area contributed by atoms with E-state index in [2.05, 4.69) is 6.92 Å². The van der Waals surface area contributed by atoms with Gasteiger partial charge in [0.25, 0.3) is 0 Å². The highest BCUT2D eigenvalue weighted by molar-refractivity contribution is 6.17. The second-order valence-corrected chi connectivity index (χ2v) is 5.39. The summed E-state index contributed by atoms with van der Waals surface area (Å²) < 4.78 is 5.35. The molecule has 1 rings (SSSR count). The highest BCUT2D eigenvalue weighted by atomic mass is 35.5. The van der Waals surface area contributed by atoms with Crippen molar-refractivity contribution in [3.05, 3.63) is 29.8 Å². The van der Waals surface area contributed by atoms with Crippen LogP contribution in [0.15, 0.2) is 24.3 Å². The van der Waals surface area contributed by atoms with Crippen molar-refractivity contribution in [3.63, 3.8) is 0 Å². The molecule has 0 bridgehead atoms. The lowest BCUT2D eigenvalue weighted by Gasteiger charge is -2.25. The van der Waals surface area contributed by atoms with Crippen LogP contribution in [0.25, 0.3) is 0 Å². The summed E-state index contributed by atoms with van der Waals surface area (Å²) in [4.78, 5) is 13.9. The number of benzene rings is 1. The minimum absolute atomic E-state index is 0.148. The van der Waals surface area contributed by atoms with E-state index < -0.39 is 0 Å². The number of hydrogen-bond donors (Lipinski definition) is 0. The van der Waals surface area contributed by atoms with Gasteiger partial charge in [-0.05, 0) is 37.8 Å². The molecule has 1 aromatic rings. The van der Waals surface area contributed by atoms with Crippen LogP contribution in [0.3, 0.4) is 0 Å². The normalized spacial score (nSPS) is 12.0. The number of likely N-dealkylation sites (N-methyl/N-ethyl adjacent to an activating group) is 1. The van der Waals surface area contributed by atoms with E-state index in [1.54, 1.807) is 7.11 Å². The first-order chi connectivity index (χ1) is 9.60. The van der Waals surface area contributed by atoms with Gasteiger partial charge in [-0.2, -0.15) is 0 Å². The number of rotatable bonds is 8. The number of hydrogen-bond acceptors (Lipinski definition) is 2. The standard InChI is InChI=1S/C16H24ClNO2/c1-13(18(2)16(19)10-6-7-11-17)12-14-8-4-5-9-15(14)20-3/h4-5,8-9,13H,6-7,10-12H2,1-3H3. The van der Waals surface area contributed by atoms with Crippen molar-refractivity contribution in [2.75, 3.05) is 20.0 Å². The molecule has 0 aliphatic rings. The summed E-state index contributed by atoms with van der Waals surface area (Å²) in [5, 5.41) is 0.